The van der Waals surface area contributed by atoms with E-state index in [4.69, 9.17) is 8.92 Å². The van der Waals surface area contributed by atoms with Crippen molar-refractivity contribution >= 4 is 33.8 Å². The Labute approximate surface area is 197 Å². The Morgan fingerprint density at radius 3 is 2.32 bits per heavy atom. The molecule has 9 heteroatoms. The van der Waals surface area contributed by atoms with Gasteiger partial charge < -0.3 is 19.0 Å². The number of amides is 1. The van der Waals surface area contributed by atoms with E-state index in [2.05, 4.69) is 10.1 Å². The summed E-state index contributed by atoms with van der Waals surface area (Å²) in [4.78, 5) is 23.9. The van der Waals surface area contributed by atoms with Crippen LogP contribution in [0.5, 0.6) is 11.5 Å². The summed E-state index contributed by atoms with van der Waals surface area (Å²) >= 11 is 0. The van der Waals surface area contributed by atoms with Crippen LogP contribution in [0.3, 0.4) is 0 Å². The number of benzene rings is 3. The van der Waals surface area contributed by atoms with E-state index >= 15 is 0 Å². The zero-order valence-corrected chi connectivity index (χ0v) is 19.6. The molecule has 0 aromatic heterocycles. The van der Waals surface area contributed by atoms with E-state index in [0.717, 1.165) is 5.56 Å². The summed E-state index contributed by atoms with van der Waals surface area (Å²) in [7, 11) is -1.38. The molecule has 3 aromatic carbocycles. The number of esters is 1. The van der Waals surface area contributed by atoms with Gasteiger partial charge in [-0.05, 0) is 61.0 Å². The van der Waals surface area contributed by atoms with Gasteiger partial charge in [0.15, 0.2) is 11.5 Å². The summed E-state index contributed by atoms with van der Waals surface area (Å²) < 4.78 is 40.3. The van der Waals surface area contributed by atoms with Crippen molar-refractivity contribution in [3.8, 4) is 11.5 Å². The maximum atomic E-state index is 12.6. The largest absolute Gasteiger partial charge is 0.493 e. The minimum absolute atomic E-state index is 0.0179. The number of carbonyl (C=O) groups excluding carboxylic acids is 2. The van der Waals surface area contributed by atoms with Crippen LogP contribution in [0.4, 0.5) is 5.69 Å². The molecule has 0 saturated heterocycles. The molecule has 8 nitrogen and oxygen atoms in total. The van der Waals surface area contributed by atoms with Crippen molar-refractivity contribution in [3.05, 3.63) is 89.5 Å². The summed E-state index contributed by atoms with van der Waals surface area (Å²) in [6.07, 6.45) is 2.82. The van der Waals surface area contributed by atoms with Gasteiger partial charge in [-0.15, -0.1) is 0 Å². The summed E-state index contributed by atoms with van der Waals surface area (Å²) in [5.41, 5.74) is 2.24. The average molecular weight is 482 g/mol. The van der Waals surface area contributed by atoms with Gasteiger partial charge in [0.2, 0.25) is 5.91 Å². The van der Waals surface area contributed by atoms with Crippen LogP contribution in [0.2, 0.25) is 0 Å². The van der Waals surface area contributed by atoms with Gasteiger partial charge >= 0.3 is 16.1 Å². The molecule has 0 bridgehead atoms. The number of hydrogen-bond donors (Lipinski definition) is 1. The quantitative estimate of drug-likeness (QED) is 0.292. The number of carbonyl (C=O) groups is 2. The van der Waals surface area contributed by atoms with Gasteiger partial charge in [-0.3, -0.25) is 4.79 Å². The Morgan fingerprint density at radius 2 is 1.65 bits per heavy atom. The van der Waals surface area contributed by atoms with Gasteiger partial charge in [0, 0.05) is 11.8 Å². The van der Waals surface area contributed by atoms with Crippen LogP contribution in [0.1, 0.15) is 21.5 Å². The number of aryl methyl sites for hydroxylation is 1. The Bertz CT molecular complexity index is 1330. The monoisotopic (exact) mass is 481 g/mol. The zero-order chi connectivity index (χ0) is 24.7. The first-order chi connectivity index (χ1) is 16.2. The van der Waals surface area contributed by atoms with E-state index in [1.165, 1.54) is 50.6 Å². The minimum Gasteiger partial charge on any atom is -0.493 e. The van der Waals surface area contributed by atoms with Gasteiger partial charge in [-0.25, -0.2) is 4.79 Å². The summed E-state index contributed by atoms with van der Waals surface area (Å²) in [6, 6.07) is 17.2. The zero-order valence-electron chi connectivity index (χ0n) is 18.8. The first kappa shape index (κ1) is 24.5. The molecule has 1 N–H and O–H groups in total. The smallest absolute Gasteiger partial charge is 0.339 e. The lowest BCUT2D eigenvalue weighted by atomic mass is 10.2. The molecule has 0 aliphatic heterocycles. The number of nitrogens with one attached hydrogen (secondary N) is 1. The number of hydrogen-bond acceptors (Lipinski definition) is 7. The second-order valence-electron chi connectivity index (χ2n) is 7.16. The second-order valence-corrected chi connectivity index (χ2v) is 8.70. The van der Waals surface area contributed by atoms with Gasteiger partial charge in [-0.1, -0.05) is 29.8 Å². The third kappa shape index (κ3) is 6.23. The van der Waals surface area contributed by atoms with Crippen LogP contribution in [-0.4, -0.2) is 34.5 Å². The third-order valence-corrected chi connectivity index (χ3v) is 5.92. The lowest BCUT2D eigenvalue weighted by Crippen LogP contribution is -2.10. The van der Waals surface area contributed by atoms with Crippen molar-refractivity contribution in [1.82, 2.24) is 0 Å². The van der Waals surface area contributed by atoms with E-state index < -0.39 is 22.0 Å². The summed E-state index contributed by atoms with van der Waals surface area (Å²) in [6.45, 7) is 1.85. The van der Waals surface area contributed by atoms with Gasteiger partial charge in [0.25, 0.3) is 0 Å². The lowest BCUT2D eigenvalue weighted by Gasteiger charge is -2.11. The highest BCUT2D eigenvalue weighted by atomic mass is 32.2. The van der Waals surface area contributed by atoms with Crippen molar-refractivity contribution in [3.63, 3.8) is 0 Å². The number of rotatable bonds is 8. The highest BCUT2D eigenvalue weighted by Gasteiger charge is 2.19. The first-order valence-electron chi connectivity index (χ1n) is 10.1. The number of methoxy groups -OCH3 is 2. The van der Waals surface area contributed by atoms with Gasteiger partial charge in [0.1, 0.15) is 4.90 Å². The molecule has 0 atom stereocenters. The van der Waals surface area contributed by atoms with Crippen LogP contribution in [-0.2, 0) is 19.6 Å². The molecule has 0 aliphatic rings. The normalized spacial score (nSPS) is 11.1. The molecule has 0 fully saturated rings. The molecule has 0 heterocycles. The van der Waals surface area contributed by atoms with E-state index in [-0.39, 0.29) is 16.4 Å². The molecule has 0 saturated carbocycles. The molecular formula is C25H23NO7S. The predicted octanol–water partition coefficient (Wildman–Crippen LogP) is 4.21. The summed E-state index contributed by atoms with van der Waals surface area (Å²) in [5.74, 6) is -0.734. The van der Waals surface area contributed by atoms with Crippen LogP contribution in [0, 0.1) is 6.92 Å². The average Bonchev–Trinajstić information content (AvgIpc) is 2.83. The van der Waals surface area contributed by atoms with E-state index in [1.807, 2.05) is 6.92 Å². The predicted molar refractivity (Wildman–Crippen MR) is 127 cm³/mol. The Balaban J connectivity index is 1.72. The fraction of sp³-hybridized carbons (Fsp3) is 0.120. The first-order valence-corrected chi connectivity index (χ1v) is 11.5. The Morgan fingerprint density at radius 1 is 0.912 bits per heavy atom. The fourth-order valence-electron chi connectivity index (χ4n) is 2.93. The van der Waals surface area contributed by atoms with Crippen molar-refractivity contribution < 1.29 is 31.7 Å². The molecule has 1 amide bonds. The highest BCUT2D eigenvalue weighted by molar-refractivity contribution is 7.87. The number of ether oxygens (including phenoxy) is 2. The Kier molecular flexibility index (Phi) is 7.70. The maximum Gasteiger partial charge on any atom is 0.339 e. The molecule has 34 heavy (non-hydrogen) atoms. The standard InChI is InChI=1S/C25H23NO7S/c1-17-7-11-21(12-8-17)34(29,30)33-22-13-9-18(15-23(22)31-2)10-14-24(27)26-20-6-4-5-19(16-20)25(28)32-3/h4-16H,1-3H3,(H,26,27)/b14-10+. The van der Waals surface area contributed by atoms with E-state index in [9.17, 15) is 18.0 Å². The third-order valence-electron chi connectivity index (χ3n) is 4.68. The number of anilines is 1. The van der Waals surface area contributed by atoms with Gasteiger partial charge in [0.05, 0.1) is 19.8 Å². The molecule has 0 aliphatic carbocycles. The van der Waals surface area contributed by atoms with Gasteiger partial charge in [-0.2, -0.15) is 8.42 Å². The topological polar surface area (TPSA) is 108 Å². The SMILES string of the molecule is COC(=O)c1cccc(NC(=O)/C=C/c2ccc(OS(=O)(=O)c3ccc(C)cc3)c(OC)c2)c1. The molecule has 3 aromatic rings. The van der Waals surface area contributed by atoms with Crippen LogP contribution in [0.25, 0.3) is 6.08 Å². The lowest BCUT2D eigenvalue weighted by molar-refractivity contribution is -0.111. The van der Waals surface area contributed by atoms with Crippen molar-refractivity contribution in [2.24, 2.45) is 0 Å². The Hall–Kier alpha value is -4.11. The van der Waals surface area contributed by atoms with Crippen molar-refractivity contribution in [2.45, 2.75) is 11.8 Å². The van der Waals surface area contributed by atoms with Crippen molar-refractivity contribution in [1.29, 1.82) is 0 Å². The van der Waals surface area contributed by atoms with Crippen molar-refractivity contribution in [2.75, 3.05) is 19.5 Å². The highest BCUT2D eigenvalue weighted by Crippen LogP contribution is 2.31. The van der Waals surface area contributed by atoms with E-state index in [1.54, 1.807) is 42.5 Å². The minimum atomic E-state index is -4.04. The van der Waals surface area contributed by atoms with Crippen LogP contribution in [0.15, 0.2) is 77.7 Å². The fourth-order valence-corrected chi connectivity index (χ4v) is 3.87. The molecule has 176 valence electrons. The summed E-state index contributed by atoms with van der Waals surface area (Å²) in [5, 5.41) is 2.66. The molecule has 3 rings (SSSR count). The van der Waals surface area contributed by atoms with Crippen LogP contribution < -0.4 is 14.2 Å². The van der Waals surface area contributed by atoms with Crippen LogP contribution >= 0.6 is 0 Å². The van der Waals surface area contributed by atoms with E-state index in [0.29, 0.717) is 16.8 Å². The molecule has 0 radical (unpaired) electrons. The molecule has 0 spiro atoms. The maximum absolute atomic E-state index is 12.6. The second kappa shape index (κ2) is 10.7. The molecule has 0 unspecified atom stereocenters. The molecular weight excluding hydrogens is 458 g/mol.